The van der Waals surface area contributed by atoms with Crippen LogP contribution in [-0.4, -0.2) is 41.9 Å². The van der Waals surface area contributed by atoms with Crippen LogP contribution in [0.4, 0.5) is 5.82 Å². The average Bonchev–Trinajstić information content (AvgIpc) is 2.63. The lowest BCUT2D eigenvalue weighted by Gasteiger charge is -2.21. The van der Waals surface area contributed by atoms with Crippen molar-refractivity contribution in [3.05, 3.63) is 11.3 Å². The monoisotopic (exact) mass is 295 g/mol. The largest absolute Gasteiger partial charge is 0.352 e. The summed E-state index contributed by atoms with van der Waals surface area (Å²) in [5, 5.41) is 10.8. The fraction of sp³-hybridized carbons (Fsp3) is 0.733. The first-order valence-electron chi connectivity index (χ1n) is 7.60. The molecule has 1 amide bonds. The number of hydrogen-bond acceptors (Lipinski definition) is 4. The van der Waals surface area contributed by atoms with Crippen molar-refractivity contribution >= 4 is 11.7 Å². The molecule has 0 aliphatic heterocycles. The first kappa shape index (κ1) is 17.5. The highest BCUT2D eigenvalue weighted by atomic mass is 16.2. The van der Waals surface area contributed by atoms with Crippen LogP contribution < -0.4 is 15.5 Å². The van der Waals surface area contributed by atoms with E-state index in [2.05, 4.69) is 22.7 Å². The van der Waals surface area contributed by atoms with E-state index in [0.717, 1.165) is 36.6 Å². The van der Waals surface area contributed by atoms with E-state index in [-0.39, 0.29) is 11.9 Å². The number of hydrogen-bond donors (Lipinski definition) is 2. The van der Waals surface area contributed by atoms with E-state index in [4.69, 9.17) is 0 Å². The molecule has 1 heterocycles. The molecule has 21 heavy (non-hydrogen) atoms. The molecule has 0 fully saturated rings. The second kappa shape index (κ2) is 8.02. The number of rotatable bonds is 8. The van der Waals surface area contributed by atoms with Gasteiger partial charge in [-0.15, -0.1) is 0 Å². The zero-order valence-electron chi connectivity index (χ0n) is 14.2. The van der Waals surface area contributed by atoms with Gasteiger partial charge in [-0.3, -0.25) is 9.48 Å². The van der Waals surface area contributed by atoms with Gasteiger partial charge >= 0.3 is 0 Å². The second-order valence-electron chi connectivity index (χ2n) is 5.77. The van der Waals surface area contributed by atoms with Gasteiger partial charge in [0.25, 0.3) is 0 Å². The Morgan fingerprint density at radius 3 is 2.67 bits per heavy atom. The Morgan fingerprint density at radius 1 is 1.43 bits per heavy atom. The summed E-state index contributed by atoms with van der Waals surface area (Å²) >= 11 is 0. The standard InChI is InChI=1S/C15H29N5O/c1-7-8-16-9-13-12(4)18-20(6)15(13)19(5)10-14(21)17-11(2)3/h11,16H,7-10H2,1-6H3,(H,17,21). The van der Waals surface area contributed by atoms with E-state index in [1.54, 1.807) is 0 Å². The van der Waals surface area contributed by atoms with Gasteiger partial charge in [0.1, 0.15) is 5.82 Å². The molecule has 0 aromatic carbocycles. The first-order chi connectivity index (χ1) is 9.86. The molecule has 6 nitrogen and oxygen atoms in total. The topological polar surface area (TPSA) is 62.2 Å². The van der Waals surface area contributed by atoms with E-state index in [1.807, 2.05) is 44.4 Å². The van der Waals surface area contributed by atoms with Crippen LogP contribution in [0, 0.1) is 6.92 Å². The van der Waals surface area contributed by atoms with Crippen LogP contribution in [0.1, 0.15) is 38.4 Å². The number of carbonyl (C=O) groups is 1. The predicted octanol–water partition coefficient (Wildman–Crippen LogP) is 1.19. The molecule has 0 spiro atoms. The maximum atomic E-state index is 11.9. The Morgan fingerprint density at radius 2 is 2.10 bits per heavy atom. The summed E-state index contributed by atoms with van der Waals surface area (Å²) < 4.78 is 1.85. The van der Waals surface area contributed by atoms with Crippen molar-refractivity contribution in [1.82, 2.24) is 20.4 Å². The lowest BCUT2D eigenvalue weighted by Crippen LogP contribution is -2.39. The quantitative estimate of drug-likeness (QED) is 0.707. The zero-order valence-corrected chi connectivity index (χ0v) is 14.2. The molecular formula is C15H29N5O. The maximum Gasteiger partial charge on any atom is 0.239 e. The lowest BCUT2D eigenvalue weighted by atomic mass is 10.2. The Bertz CT molecular complexity index is 467. The van der Waals surface area contributed by atoms with Crippen LogP contribution in [0.5, 0.6) is 0 Å². The Balaban J connectivity index is 2.82. The lowest BCUT2D eigenvalue weighted by molar-refractivity contribution is -0.120. The molecule has 1 rings (SSSR count). The molecule has 2 N–H and O–H groups in total. The molecular weight excluding hydrogens is 266 g/mol. The zero-order chi connectivity index (χ0) is 16.0. The number of aryl methyl sites for hydroxylation is 2. The SMILES string of the molecule is CCCNCc1c(C)nn(C)c1N(C)CC(=O)NC(C)C. The fourth-order valence-corrected chi connectivity index (χ4v) is 2.42. The van der Waals surface area contributed by atoms with E-state index >= 15 is 0 Å². The highest BCUT2D eigenvalue weighted by Gasteiger charge is 2.18. The Labute approximate surface area is 127 Å². The minimum Gasteiger partial charge on any atom is -0.352 e. The molecule has 1 aromatic heterocycles. The minimum atomic E-state index is 0.0267. The Hall–Kier alpha value is -1.56. The highest BCUT2D eigenvalue weighted by Crippen LogP contribution is 2.21. The van der Waals surface area contributed by atoms with Crippen molar-refractivity contribution < 1.29 is 4.79 Å². The van der Waals surface area contributed by atoms with Crippen LogP contribution >= 0.6 is 0 Å². The molecule has 0 unspecified atom stereocenters. The summed E-state index contributed by atoms with van der Waals surface area (Å²) in [4.78, 5) is 13.9. The van der Waals surface area contributed by atoms with Crippen molar-refractivity contribution in [2.24, 2.45) is 7.05 Å². The third kappa shape index (κ3) is 5.04. The summed E-state index contributed by atoms with van der Waals surface area (Å²) in [7, 11) is 3.85. The summed E-state index contributed by atoms with van der Waals surface area (Å²) in [5.74, 6) is 1.02. The van der Waals surface area contributed by atoms with Gasteiger partial charge in [0.05, 0.1) is 12.2 Å². The molecule has 0 aliphatic carbocycles. The van der Waals surface area contributed by atoms with Gasteiger partial charge in [-0.2, -0.15) is 5.10 Å². The molecule has 0 aliphatic rings. The molecule has 120 valence electrons. The van der Waals surface area contributed by atoms with Crippen molar-refractivity contribution in [1.29, 1.82) is 0 Å². The number of nitrogens with one attached hydrogen (secondary N) is 2. The molecule has 6 heteroatoms. The van der Waals surface area contributed by atoms with Crippen molar-refractivity contribution in [3.63, 3.8) is 0 Å². The van der Waals surface area contributed by atoms with Gasteiger partial charge in [0.15, 0.2) is 0 Å². The summed E-state index contributed by atoms with van der Waals surface area (Å²) in [6, 6.07) is 0.157. The van der Waals surface area contributed by atoms with Crippen molar-refractivity contribution in [3.8, 4) is 0 Å². The van der Waals surface area contributed by atoms with Gasteiger partial charge in [-0.05, 0) is 33.7 Å². The first-order valence-corrected chi connectivity index (χ1v) is 7.60. The fourth-order valence-electron chi connectivity index (χ4n) is 2.42. The van der Waals surface area contributed by atoms with Crippen molar-refractivity contribution in [2.75, 3.05) is 25.0 Å². The molecule has 1 aromatic rings. The summed E-state index contributed by atoms with van der Waals surface area (Å²) in [6.07, 6.45) is 1.10. The molecule has 0 radical (unpaired) electrons. The molecule has 0 bridgehead atoms. The van der Waals surface area contributed by atoms with E-state index < -0.39 is 0 Å². The number of carbonyl (C=O) groups excluding carboxylic acids is 1. The number of anilines is 1. The maximum absolute atomic E-state index is 11.9. The predicted molar refractivity (Wildman–Crippen MR) is 86.5 cm³/mol. The van der Waals surface area contributed by atoms with Crippen LogP contribution in [0.3, 0.4) is 0 Å². The normalized spacial score (nSPS) is 11.0. The van der Waals surface area contributed by atoms with Crippen LogP contribution in [-0.2, 0) is 18.4 Å². The average molecular weight is 295 g/mol. The van der Waals surface area contributed by atoms with Crippen molar-refractivity contribution in [2.45, 2.75) is 46.7 Å². The summed E-state index contributed by atoms with van der Waals surface area (Å²) in [6.45, 7) is 10.2. The van der Waals surface area contributed by atoms with Gasteiger partial charge in [0, 0.05) is 32.2 Å². The Kier molecular flexibility index (Phi) is 6.68. The van der Waals surface area contributed by atoms with E-state index in [0.29, 0.717) is 6.54 Å². The van der Waals surface area contributed by atoms with Crippen LogP contribution in [0.15, 0.2) is 0 Å². The van der Waals surface area contributed by atoms with Gasteiger partial charge in [-0.25, -0.2) is 0 Å². The smallest absolute Gasteiger partial charge is 0.239 e. The van der Waals surface area contributed by atoms with Gasteiger partial charge in [-0.1, -0.05) is 6.92 Å². The van der Waals surface area contributed by atoms with Crippen LogP contribution in [0.25, 0.3) is 0 Å². The number of aromatic nitrogens is 2. The number of nitrogens with zero attached hydrogens (tertiary/aromatic N) is 3. The number of amides is 1. The minimum absolute atomic E-state index is 0.0267. The van der Waals surface area contributed by atoms with E-state index in [9.17, 15) is 4.79 Å². The molecule has 0 saturated heterocycles. The van der Waals surface area contributed by atoms with Gasteiger partial charge in [0.2, 0.25) is 5.91 Å². The summed E-state index contributed by atoms with van der Waals surface area (Å²) in [5.41, 5.74) is 2.16. The third-order valence-electron chi connectivity index (χ3n) is 3.23. The third-order valence-corrected chi connectivity index (χ3v) is 3.23. The molecule has 0 atom stereocenters. The van der Waals surface area contributed by atoms with E-state index in [1.165, 1.54) is 0 Å². The highest BCUT2D eigenvalue weighted by molar-refractivity contribution is 5.81. The second-order valence-corrected chi connectivity index (χ2v) is 5.77. The molecule has 0 saturated carbocycles. The van der Waals surface area contributed by atoms with Crippen LogP contribution in [0.2, 0.25) is 0 Å². The number of likely N-dealkylation sites (N-methyl/N-ethyl adjacent to an activating group) is 1. The van der Waals surface area contributed by atoms with Gasteiger partial charge < -0.3 is 15.5 Å².